The average molecular weight is 241 g/mol. The van der Waals surface area contributed by atoms with Crippen molar-refractivity contribution in [2.24, 2.45) is 0 Å². The summed E-state index contributed by atoms with van der Waals surface area (Å²) in [5.41, 5.74) is 3.95. The van der Waals surface area contributed by atoms with Crippen molar-refractivity contribution in [2.75, 3.05) is 6.54 Å². The lowest BCUT2D eigenvalue weighted by molar-refractivity contribution is 0.584. The van der Waals surface area contributed by atoms with Crippen LogP contribution in [0.5, 0.6) is 0 Å². The molecule has 3 nitrogen and oxygen atoms in total. The van der Waals surface area contributed by atoms with Crippen molar-refractivity contribution in [3.63, 3.8) is 0 Å². The zero-order valence-electron chi connectivity index (χ0n) is 10.8. The van der Waals surface area contributed by atoms with E-state index in [-0.39, 0.29) is 0 Å². The lowest BCUT2D eigenvalue weighted by Crippen LogP contribution is -2.17. The second kappa shape index (κ2) is 4.94. The molecule has 3 heteroatoms. The fraction of sp³-hybridized carbons (Fsp3) is 0.400. The van der Waals surface area contributed by atoms with E-state index in [1.165, 1.54) is 29.7 Å². The maximum Gasteiger partial charge on any atom is 0.0951 e. The van der Waals surface area contributed by atoms with E-state index in [9.17, 15) is 0 Å². The fourth-order valence-corrected chi connectivity index (χ4v) is 2.58. The molecule has 1 aromatic carbocycles. The highest BCUT2D eigenvalue weighted by Crippen LogP contribution is 2.23. The normalized spacial score (nSPS) is 19.3. The van der Waals surface area contributed by atoms with Crippen LogP contribution in [0.3, 0.4) is 0 Å². The number of aryl methyl sites for hydroxylation is 1. The number of aromatic nitrogens is 2. The van der Waals surface area contributed by atoms with Gasteiger partial charge in [-0.2, -0.15) is 0 Å². The van der Waals surface area contributed by atoms with E-state index in [4.69, 9.17) is 0 Å². The molecular weight excluding hydrogens is 222 g/mol. The van der Waals surface area contributed by atoms with Crippen molar-refractivity contribution in [3.8, 4) is 0 Å². The molecule has 2 aromatic rings. The van der Waals surface area contributed by atoms with Gasteiger partial charge >= 0.3 is 0 Å². The van der Waals surface area contributed by atoms with Crippen LogP contribution < -0.4 is 5.32 Å². The van der Waals surface area contributed by atoms with Crippen molar-refractivity contribution in [2.45, 2.75) is 32.4 Å². The van der Waals surface area contributed by atoms with Crippen molar-refractivity contribution < 1.29 is 0 Å². The van der Waals surface area contributed by atoms with Gasteiger partial charge in [0.1, 0.15) is 0 Å². The summed E-state index contributed by atoms with van der Waals surface area (Å²) in [7, 11) is 0. The van der Waals surface area contributed by atoms with E-state index >= 15 is 0 Å². The first-order valence-corrected chi connectivity index (χ1v) is 6.62. The highest BCUT2D eigenvalue weighted by molar-refractivity contribution is 5.22. The largest absolute Gasteiger partial charge is 0.329 e. The Bertz CT molecular complexity index is 507. The molecule has 1 aromatic heterocycles. The Morgan fingerprint density at radius 3 is 2.89 bits per heavy atom. The number of hydrogen-bond donors (Lipinski definition) is 1. The van der Waals surface area contributed by atoms with Crippen LogP contribution in [0.2, 0.25) is 0 Å². The minimum atomic E-state index is 0.484. The second-order valence-corrected chi connectivity index (χ2v) is 5.08. The Morgan fingerprint density at radius 2 is 2.17 bits per heavy atom. The van der Waals surface area contributed by atoms with Crippen LogP contribution in [0.4, 0.5) is 0 Å². The van der Waals surface area contributed by atoms with Crippen LogP contribution in [0, 0.1) is 6.92 Å². The van der Waals surface area contributed by atoms with E-state index in [1.807, 2.05) is 12.5 Å². The molecule has 1 aliphatic heterocycles. The lowest BCUT2D eigenvalue weighted by Gasteiger charge is -2.14. The average Bonchev–Trinajstić information content (AvgIpc) is 3.02. The van der Waals surface area contributed by atoms with Gasteiger partial charge in [-0.05, 0) is 31.9 Å². The Labute approximate surface area is 108 Å². The molecule has 0 bridgehead atoms. The Balaban J connectivity index is 1.80. The molecule has 1 saturated heterocycles. The van der Waals surface area contributed by atoms with E-state index in [0.717, 1.165) is 13.1 Å². The lowest BCUT2D eigenvalue weighted by atomic mass is 10.1. The number of hydrogen-bond acceptors (Lipinski definition) is 2. The zero-order chi connectivity index (χ0) is 12.4. The van der Waals surface area contributed by atoms with Crippen molar-refractivity contribution in [1.29, 1.82) is 0 Å². The maximum absolute atomic E-state index is 4.30. The summed E-state index contributed by atoms with van der Waals surface area (Å²) < 4.78 is 2.26. The molecule has 1 unspecified atom stereocenters. The topological polar surface area (TPSA) is 29.9 Å². The Hall–Kier alpha value is -1.61. The predicted octanol–water partition coefficient (Wildman–Crippen LogP) is 2.66. The number of rotatable bonds is 3. The minimum absolute atomic E-state index is 0.484. The maximum atomic E-state index is 4.30. The van der Waals surface area contributed by atoms with Crippen LogP contribution in [0.1, 0.15) is 35.7 Å². The van der Waals surface area contributed by atoms with Crippen molar-refractivity contribution in [1.82, 2.24) is 14.9 Å². The molecule has 1 aliphatic rings. The van der Waals surface area contributed by atoms with E-state index in [0.29, 0.717) is 6.04 Å². The second-order valence-electron chi connectivity index (χ2n) is 5.08. The molecule has 0 aliphatic carbocycles. The fourth-order valence-electron chi connectivity index (χ4n) is 2.58. The zero-order valence-corrected chi connectivity index (χ0v) is 10.8. The third-order valence-corrected chi connectivity index (χ3v) is 3.64. The summed E-state index contributed by atoms with van der Waals surface area (Å²) in [6, 6.07) is 9.21. The molecule has 0 amide bonds. The molecule has 18 heavy (non-hydrogen) atoms. The van der Waals surface area contributed by atoms with Crippen LogP contribution in [-0.4, -0.2) is 16.1 Å². The van der Waals surface area contributed by atoms with Gasteiger partial charge in [0.2, 0.25) is 0 Å². The SMILES string of the molecule is Cc1ccc(Cn2cncc2C2CCCN2)cc1. The van der Waals surface area contributed by atoms with Crippen LogP contribution in [0.15, 0.2) is 36.8 Å². The molecule has 94 valence electrons. The molecule has 3 rings (SSSR count). The molecule has 0 spiro atoms. The van der Waals surface area contributed by atoms with E-state index < -0.39 is 0 Å². The number of imidazole rings is 1. The number of nitrogens with zero attached hydrogens (tertiary/aromatic N) is 2. The van der Waals surface area contributed by atoms with Gasteiger partial charge in [-0.25, -0.2) is 4.98 Å². The van der Waals surface area contributed by atoms with E-state index in [1.54, 1.807) is 0 Å². The Morgan fingerprint density at radius 1 is 1.33 bits per heavy atom. The summed E-state index contributed by atoms with van der Waals surface area (Å²) in [6.45, 7) is 4.16. The third-order valence-electron chi connectivity index (χ3n) is 3.64. The van der Waals surface area contributed by atoms with Gasteiger partial charge in [0.05, 0.1) is 12.0 Å². The first kappa shape index (κ1) is 11.5. The molecule has 1 atom stereocenters. The number of benzene rings is 1. The van der Waals surface area contributed by atoms with Gasteiger partial charge in [0, 0.05) is 18.8 Å². The van der Waals surface area contributed by atoms with Crippen LogP contribution in [-0.2, 0) is 6.54 Å². The number of nitrogens with one attached hydrogen (secondary N) is 1. The molecule has 0 radical (unpaired) electrons. The van der Waals surface area contributed by atoms with Gasteiger partial charge in [0.15, 0.2) is 0 Å². The predicted molar refractivity (Wildman–Crippen MR) is 72.5 cm³/mol. The summed E-state index contributed by atoms with van der Waals surface area (Å²) in [5, 5.41) is 3.53. The first-order chi connectivity index (χ1) is 8.83. The summed E-state index contributed by atoms with van der Waals surface area (Å²) in [6.07, 6.45) is 6.42. The van der Waals surface area contributed by atoms with Gasteiger partial charge < -0.3 is 9.88 Å². The molecule has 2 heterocycles. The first-order valence-electron chi connectivity index (χ1n) is 6.62. The highest BCUT2D eigenvalue weighted by atomic mass is 15.1. The summed E-state index contributed by atoms with van der Waals surface area (Å²) in [4.78, 5) is 4.30. The molecule has 1 fully saturated rings. The molecular formula is C15H19N3. The third kappa shape index (κ3) is 2.31. The van der Waals surface area contributed by atoms with Gasteiger partial charge in [-0.1, -0.05) is 29.8 Å². The van der Waals surface area contributed by atoms with Gasteiger partial charge in [-0.15, -0.1) is 0 Å². The van der Waals surface area contributed by atoms with E-state index in [2.05, 4.69) is 46.1 Å². The quantitative estimate of drug-likeness (QED) is 0.895. The van der Waals surface area contributed by atoms with Gasteiger partial charge in [0.25, 0.3) is 0 Å². The van der Waals surface area contributed by atoms with Crippen LogP contribution >= 0.6 is 0 Å². The standard InChI is InChI=1S/C15H19N3/c1-12-4-6-13(7-5-12)10-18-11-16-9-15(18)14-3-2-8-17-14/h4-7,9,11,14,17H,2-3,8,10H2,1H3. The summed E-state index contributed by atoms with van der Waals surface area (Å²) in [5.74, 6) is 0. The molecule has 0 saturated carbocycles. The molecule has 1 N–H and O–H groups in total. The minimum Gasteiger partial charge on any atom is -0.329 e. The van der Waals surface area contributed by atoms with Crippen molar-refractivity contribution >= 4 is 0 Å². The smallest absolute Gasteiger partial charge is 0.0951 e. The highest BCUT2D eigenvalue weighted by Gasteiger charge is 2.19. The van der Waals surface area contributed by atoms with Crippen molar-refractivity contribution in [3.05, 3.63) is 53.6 Å². The summed E-state index contributed by atoms with van der Waals surface area (Å²) >= 11 is 0. The van der Waals surface area contributed by atoms with Gasteiger partial charge in [-0.3, -0.25) is 0 Å². The monoisotopic (exact) mass is 241 g/mol. The Kier molecular flexibility index (Phi) is 3.15. The van der Waals surface area contributed by atoms with Crippen LogP contribution in [0.25, 0.3) is 0 Å².